The average Bonchev–Trinajstić information content (AvgIpc) is 3.13. The molecule has 4 rings (SSSR count). The van der Waals surface area contributed by atoms with Crippen LogP contribution in [0.25, 0.3) is 10.2 Å². The van der Waals surface area contributed by atoms with Gasteiger partial charge in [0.05, 0.1) is 28.3 Å². The minimum Gasteiger partial charge on any atom is -0.477 e. The smallest absolute Gasteiger partial charge is 0.353 e. The van der Waals surface area contributed by atoms with E-state index >= 15 is 0 Å². The molecule has 0 spiro atoms. The Morgan fingerprint density at radius 3 is 2.96 bits per heavy atom. The standard InChI is InChI=1S/C17H15N3O5S2/c1-7(22)13-10-5-12(14(16(24)25)20(10)15(13)23)27-17-19-9-3-2-8(18-6-21)4-11(9)26-17/h2-4,6-7,10,13,22H,5H2,1H3,(H,18,21)(H,24,25)/t7-,10-,13-/m1/s1. The number of aliphatic hydroxyl groups is 1. The van der Waals surface area contributed by atoms with Gasteiger partial charge in [-0.1, -0.05) is 11.8 Å². The molecule has 0 bridgehead atoms. The molecule has 1 saturated heterocycles. The van der Waals surface area contributed by atoms with Gasteiger partial charge in [0.2, 0.25) is 12.3 Å². The van der Waals surface area contributed by atoms with Crippen LogP contribution in [-0.4, -0.2) is 50.5 Å². The zero-order valence-corrected chi connectivity index (χ0v) is 15.7. The van der Waals surface area contributed by atoms with E-state index in [0.29, 0.717) is 27.8 Å². The molecule has 8 nitrogen and oxygen atoms in total. The van der Waals surface area contributed by atoms with Crippen LogP contribution in [0.4, 0.5) is 5.69 Å². The van der Waals surface area contributed by atoms with Crippen LogP contribution in [-0.2, 0) is 14.4 Å². The first kappa shape index (κ1) is 18.0. The Kier molecular flexibility index (Phi) is 4.41. The van der Waals surface area contributed by atoms with Crippen molar-refractivity contribution in [1.82, 2.24) is 9.88 Å². The number of aliphatic hydroxyl groups excluding tert-OH is 1. The summed E-state index contributed by atoms with van der Waals surface area (Å²) in [5.74, 6) is -2.07. The fourth-order valence-electron chi connectivity index (χ4n) is 3.53. The topological polar surface area (TPSA) is 120 Å². The zero-order valence-electron chi connectivity index (χ0n) is 14.1. The van der Waals surface area contributed by atoms with Gasteiger partial charge in [-0.2, -0.15) is 0 Å². The number of aromatic nitrogens is 1. The molecule has 2 aliphatic rings. The molecule has 2 aromatic rings. The van der Waals surface area contributed by atoms with E-state index in [1.54, 1.807) is 25.1 Å². The first-order chi connectivity index (χ1) is 12.9. The van der Waals surface area contributed by atoms with E-state index in [-0.39, 0.29) is 17.6 Å². The van der Waals surface area contributed by atoms with Crippen molar-refractivity contribution in [3.63, 3.8) is 0 Å². The number of thioether (sulfide) groups is 1. The third-order valence-electron chi connectivity index (χ3n) is 4.70. The number of β-lactam (4-membered cyclic amide) rings is 1. The summed E-state index contributed by atoms with van der Waals surface area (Å²) in [5.41, 5.74) is 1.38. The van der Waals surface area contributed by atoms with Crippen LogP contribution in [0.5, 0.6) is 0 Å². The van der Waals surface area contributed by atoms with Crippen molar-refractivity contribution < 1.29 is 24.6 Å². The van der Waals surface area contributed by atoms with E-state index in [1.807, 2.05) is 0 Å². The molecule has 3 heterocycles. The highest BCUT2D eigenvalue weighted by Gasteiger charge is 2.56. The molecule has 10 heteroatoms. The number of amides is 2. The van der Waals surface area contributed by atoms with Gasteiger partial charge in [-0.05, 0) is 25.1 Å². The normalized spacial score (nSPS) is 22.6. The SMILES string of the molecule is C[C@@H](O)[C@H]1C(=O)N2C(C(=O)O)=C(Sc3nc4ccc(NC=O)cc4s3)C[C@H]12. The largest absolute Gasteiger partial charge is 0.477 e. The number of carboxylic acids is 1. The molecular weight excluding hydrogens is 390 g/mol. The van der Waals surface area contributed by atoms with Gasteiger partial charge in [-0.25, -0.2) is 9.78 Å². The maximum Gasteiger partial charge on any atom is 0.353 e. The second kappa shape index (κ2) is 6.63. The number of fused-ring (bicyclic) bond motifs is 2. The van der Waals surface area contributed by atoms with Crippen LogP contribution in [0.2, 0.25) is 0 Å². The Bertz CT molecular complexity index is 1000. The number of nitrogens with one attached hydrogen (secondary N) is 1. The number of carboxylic acid groups (broad SMARTS) is 1. The summed E-state index contributed by atoms with van der Waals surface area (Å²) in [6.45, 7) is 1.55. The van der Waals surface area contributed by atoms with Gasteiger partial charge in [0.25, 0.3) is 0 Å². The second-order valence-electron chi connectivity index (χ2n) is 6.35. The van der Waals surface area contributed by atoms with Crippen molar-refractivity contribution >= 4 is 57.3 Å². The molecule has 140 valence electrons. The maximum atomic E-state index is 12.2. The lowest BCUT2D eigenvalue weighted by molar-refractivity contribution is -0.161. The number of anilines is 1. The van der Waals surface area contributed by atoms with E-state index in [9.17, 15) is 24.6 Å². The molecule has 1 aromatic heterocycles. The lowest BCUT2D eigenvalue weighted by Gasteiger charge is -2.44. The average molecular weight is 405 g/mol. The van der Waals surface area contributed by atoms with Crippen LogP contribution in [0.1, 0.15) is 13.3 Å². The number of hydrogen-bond acceptors (Lipinski definition) is 7. The quantitative estimate of drug-likeness (QED) is 0.496. The number of hydrogen-bond donors (Lipinski definition) is 3. The summed E-state index contributed by atoms with van der Waals surface area (Å²) >= 11 is 2.62. The third kappa shape index (κ3) is 2.89. The predicted octanol–water partition coefficient (Wildman–Crippen LogP) is 1.86. The zero-order chi connectivity index (χ0) is 19.3. The number of rotatable bonds is 6. The summed E-state index contributed by atoms with van der Waals surface area (Å²) in [6.07, 6.45) is 0.172. The molecule has 0 radical (unpaired) electrons. The van der Waals surface area contributed by atoms with Gasteiger partial charge in [-0.3, -0.25) is 9.59 Å². The number of nitrogens with zero attached hydrogens (tertiary/aromatic N) is 2. The monoisotopic (exact) mass is 405 g/mol. The Hall–Kier alpha value is -2.43. The van der Waals surface area contributed by atoms with Crippen LogP contribution in [0.15, 0.2) is 33.1 Å². The molecule has 0 saturated carbocycles. The van der Waals surface area contributed by atoms with Crippen molar-refractivity contribution in [1.29, 1.82) is 0 Å². The van der Waals surface area contributed by atoms with Crippen molar-refractivity contribution in [3.05, 3.63) is 28.8 Å². The fourth-order valence-corrected chi connectivity index (χ4v) is 5.90. The predicted molar refractivity (Wildman–Crippen MR) is 100 cm³/mol. The van der Waals surface area contributed by atoms with Gasteiger partial charge in [0, 0.05) is 17.0 Å². The molecule has 1 aromatic carbocycles. The van der Waals surface area contributed by atoms with Gasteiger partial charge < -0.3 is 20.4 Å². The van der Waals surface area contributed by atoms with Crippen LogP contribution in [0, 0.1) is 5.92 Å². The molecule has 2 aliphatic heterocycles. The highest BCUT2D eigenvalue weighted by molar-refractivity contribution is 8.04. The highest BCUT2D eigenvalue weighted by Crippen LogP contribution is 2.49. The van der Waals surface area contributed by atoms with E-state index in [2.05, 4.69) is 10.3 Å². The molecule has 3 atom stereocenters. The number of benzene rings is 1. The third-order valence-corrected chi connectivity index (χ3v) is 6.88. The number of carbonyl (C=O) groups excluding carboxylic acids is 2. The Morgan fingerprint density at radius 1 is 1.52 bits per heavy atom. The van der Waals surface area contributed by atoms with E-state index in [4.69, 9.17) is 0 Å². The summed E-state index contributed by atoms with van der Waals surface area (Å²) in [5, 5.41) is 22.0. The first-order valence-electron chi connectivity index (χ1n) is 8.17. The van der Waals surface area contributed by atoms with Gasteiger partial charge in [0.1, 0.15) is 5.70 Å². The summed E-state index contributed by atoms with van der Waals surface area (Å²) in [6, 6.07) is 5.00. The van der Waals surface area contributed by atoms with E-state index in [0.717, 1.165) is 10.2 Å². The van der Waals surface area contributed by atoms with Crippen molar-refractivity contribution in [3.8, 4) is 0 Å². The fraction of sp³-hybridized carbons (Fsp3) is 0.294. The van der Waals surface area contributed by atoms with Crippen LogP contribution < -0.4 is 5.32 Å². The minimum atomic E-state index is -1.16. The Morgan fingerprint density at radius 2 is 2.30 bits per heavy atom. The van der Waals surface area contributed by atoms with Crippen LogP contribution in [0.3, 0.4) is 0 Å². The van der Waals surface area contributed by atoms with Crippen molar-refractivity contribution in [2.75, 3.05) is 5.32 Å². The lowest BCUT2D eigenvalue weighted by Crippen LogP contribution is -2.61. The number of thiazole rings is 1. The first-order valence-corrected chi connectivity index (χ1v) is 9.80. The molecule has 2 amide bonds. The van der Waals surface area contributed by atoms with Crippen LogP contribution >= 0.6 is 23.1 Å². The minimum absolute atomic E-state index is 0.0190. The summed E-state index contributed by atoms with van der Waals surface area (Å²) in [4.78, 5) is 40.9. The van der Waals surface area contributed by atoms with Gasteiger partial charge >= 0.3 is 5.97 Å². The Balaban J connectivity index is 1.63. The van der Waals surface area contributed by atoms with Crippen molar-refractivity contribution in [2.24, 2.45) is 5.92 Å². The number of aliphatic carboxylic acids is 1. The number of carbonyl (C=O) groups is 3. The summed E-state index contributed by atoms with van der Waals surface area (Å²) < 4.78 is 1.52. The molecule has 3 N–H and O–H groups in total. The molecular formula is C17H15N3O5S2. The lowest BCUT2D eigenvalue weighted by atomic mass is 9.83. The van der Waals surface area contributed by atoms with Crippen molar-refractivity contribution in [2.45, 2.75) is 29.8 Å². The molecule has 27 heavy (non-hydrogen) atoms. The van der Waals surface area contributed by atoms with Gasteiger partial charge in [0.15, 0.2) is 4.34 Å². The summed E-state index contributed by atoms with van der Waals surface area (Å²) in [7, 11) is 0. The molecule has 0 aliphatic carbocycles. The second-order valence-corrected chi connectivity index (χ2v) is 8.72. The molecule has 1 fully saturated rings. The highest BCUT2D eigenvalue weighted by atomic mass is 32.2. The van der Waals surface area contributed by atoms with E-state index in [1.165, 1.54) is 28.0 Å². The molecule has 0 unspecified atom stereocenters. The van der Waals surface area contributed by atoms with E-state index < -0.39 is 18.0 Å². The maximum absolute atomic E-state index is 12.2. The van der Waals surface area contributed by atoms with Gasteiger partial charge in [-0.15, -0.1) is 11.3 Å². The Labute approximate surface area is 161 Å².